The Bertz CT molecular complexity index is 651. The van der Waals surface area contributed by atoms with E-state index in [-0.39, 0.29) is 0 Å². The molecule has 16 heavy (non-hydrogen) atoms. The second-order valence-corrected chi connectivity index (χ2v) is 3.25. The summed E-state index contributed by atoms with van der Waals surface area (Å²) in [6, 6.07) is 1.67. The SMILES string of the molecule is Nc1cc(-c2nc3ncnc(N)c3[nH]2)[nH]n1. The predicted octanol–water partition coefficient (Wildman–Crippen LogP) is -0.0926. The third-order valence-electron chi connectivity index (χ3n) is 2.17. The smallest absolute Gasteiger partial charge is 0.183 e. The van der Waals surface area contributed by atoms with Crippen LogP contribution in [0.15, 0.2) is 12.4 Å². The van der Waals surface area contributed by atoms with Crippen LogP contribution < -0.4 is 11.5 Å². The fourth-order valence-electron chi connectivity index (χ4n) is 1.43. The normalized spacial score (nSPS) is 11.0. The molecule has 0 aliphatic carbocycles. The molecule has 0 spiro atoms. The van der Waals surface area contributed by atoms with Crippen LogP contribution in [0.1, 0.15) is 0 Å². The number of aromatic nitrogens is 6. The van der Waals surface area contributed by atoms with E-state index < -0.39 is 0 Å². The Hall–Kier alpha value is -2.64. The first kappa shape index (κ1) is 8.65. The van der Waals surface area contributed by atoms with Crippen LogP contribution in [-0.2, 0) is 0 Å². The number of nitrogens with one attached hydrogen (secondary N) is 2. The summed E-state index contributed by atoms with van der Waals surface area (Å²) in [5, 5.41) is 6.56. The van der Waals surface area contributed by atoms with E-state index in [1.165, 1.54) is 6.33 Å². The molecule has 8 heteroatoms. The van der Waals surface area contributed by atoms with Crippen molar-refractivity contribution in [1.29, 1.82) is 0 Å². The van der Waals surface area contributed by atoms with Gasteiger partial charge in [0.1, 0.15) is 23.4 Å². The second kappa shape index (κ2) is 2.92. The Labute approximate surface area is 89.1 Å². The lowest BCUT2D eigenvalue weighted by molar-refractivity contribution is 1.09. The van der Waals surface area contributed by atoms with Gasteiger partial charge in [-0.1, -0.05) is 0 Å². The highest BCUT2D eigenvalue weighted by Crippen LogP contribution is 2.20. The third kappa shape index (κ3) is 1.16. The van der Waals surface area contributed by atoms with Crippen molar-refractivity contribution in [2.24, 2.45) is 0 Å². The van der Waals surface area contributed by atoms with Crippen LogP contribution in [0.3, 0.4) is 0 Å². The molecule has 0 unspecified atom stereocenters. The summed E-state index contributed by atoms with van der Waals surface area (Å²) in [6.45, 7) is 0. The van der Waals surface area contributed by atoms with Gasteiger partial charge in [0.25, 0.3) is 0 Å². The number of imidazole rings is 1. The number of nitrogens with two attached hydrogens (primary N) is 2. The molecule has 3 heterocycles. The van der Waals surface area contributed by atoms with Gasteiger partial charge in [0, 0.05) is 6.07 Å². The fraction of sp³-hybridized carbons (Fsp3) is 0. The first-order chi connectivity index (χ1) is 7.74. The van der Waals surface area contributed by atoms with Crippen LogP contribution >= 0.6 is 0 Å². The van der Waals surface area contributed by atoms with Crippen LogP contribution in [0.5, 0.6) is 0 Å². The Balaban J connectivity index is 2.22. The number of hydrogen-bond donors (Lipinski definition) is 4. The maximum atomic E-state index is 5.68. The minimum atomic E-state index is 0.358. The van der Waals surface area contributed by atoms with E-state index in [0.717, 1.165) is 0 Å². The van der Waals surface area contributed by atoms with Crippen molar-refractivity contribution < 1.29 is 0 Å². The first-order valence-corrected chi connectivity index (χ1v) is 4.51. The van der Waals surface area contributed by atoms with Crippen molar-refractivity contribution in [2.45, 2.75) is 0 Å². The van der Waals surface area contributed by atoms with Crippen LogP contribution in [0, 0.1) is 0 Å². The highest BCUT2D eigenvalue weighted by molar-refractivity contribution is 5.83. The summed E-state index contributed by atoms with van der Waals surface area (Å²) in [4.78, 5) is 15.1. The molecule has 3 rings (SSSR count). The molecule has 0 saturated carbocycles. The monoisotopic (exact) mass is 216 g/mol. The zero-order valence-electron chi connectivity index (χ0n) is 8.10. The zero-order valence-corrected chi connectivity index (χ0v) is 8.10. The van der Waals surface area contributed by atoms with Crippen molar-refractivity contribution in [3.63, 3.8) is 0 Å². The molecule has 0 radical (unpaired) electrons. The average molecular weight is 216 g/mol. The molecular weight excluding hydrogens is 208 g/mol. The molecule has 0 fully saturated rings. The second-order valence-electron chi connectivity index (χ2n) is 3.25. The van der Waals surface area contributed by atoms with E-state index in [9.17, 15) is 0 Å². The molecule has 80 valence electrons. The summed E-state index contributed by atoms with van der Waals surface area (Å²) in [6.07, 6.45) is 1.36. The number of fused-ring (bicyclic) bond motifs is 1. The molecule has 3 aromatic heterocycles. The number of aromatic amines is 2. The van der Waals surface area contributed by atoms with Crippen molar-refractivity contribution in [2.75, 3.05) is 11.5 Å². The van der Waals surface area contributed by atoms with Gasteiger partial charge in [-0.2, -0.15) is 5.10 Å². The van der Waals surface area contributed by atoms with Gasteiger partial charge in [-0.3, -0.25) is 5.10 Å². The van der Waals surface area contributed by atoms with Gasteiger partial charge in [0.05, 0.1) is 0 Å². The van der Waals surface area contributed by atoms with Crippen LogP contribution in [0.2, 0.25) is 0 Å². The van der Waals surface area contributed by atoms with Crippen molar-refractivity contribution in [1.82, 2.24) is 30.1 Å². The molecule has 0 aliphatic heterocycles. The Morgan fingerprint density at radius 1 is 1.19 bits per heavy atom. The maximum absolute atomic E-state index is 5.68. The van der Waals surface area contributed by atoms with E-state index in [0.29, 0.717) is 34.3 Å². The summed E-state index contributed by atoms with van der Waals surface area (Å²) in [7, 11) is 0. The number of anilines is 2. The lowest BCUT2D eigenvalue weighted by Gasteiger charge is -1.90. The van der Waals surface area contributed by atoms with E-state index in [4.69, 9.17) is 11.5 Å². The van der Waals surface area contributed by atoms with E-state index in [1.54, 1.807) is 6.07 Å². The summed E-state index contributed by atoms with van der Waals surface area (Å²) < 4.78 is 0. The average Bonchev–Trinajstić information content (AvgIpc) is 2.84. The van der Waals surface area contributed by atoms with Gasteiger partial charge in [-0.25, -0.2) is 15.0 Å². The molecule has 0 aromatic carbocycles. The highest BCUT2D eigenvalue weighted by Gasteiger charge is 2.10. The number of rotatable bonds is 1. The van der Waals surface area contributed by atoms with E-state index >= 15 is 0 Å². The van der Waals surface area contributed by atoms with Gasteiger partial charge < -0.3 is 16.5 Å². The minimum Gasteiger partial charge on any atom is -0.382 e. The Morgan fingerprint density at radius 2 is 2.06 bits per heavy atom. The molecule has 6 N–H and O–H groups in total. The molecule has 3 aromatic rings. The van der Waals surface area contributed by atoms with Crippen molar-refractivity contribution >= 4 is 22.8 Å². The maximum Gasteiger partial charge on any atom is 0.183 e. The molecule has 0 amide bonds. The van der Waals surface area contributed by atoms with Crippen LogP contribution in [-0.4, -0.2) is 30.1 Å². The van der Waals surface area contributed by atoms with Gasteiger partial charge in [-0.15, -0.1) is 0 Å². The summed E-state index contributed by atoms with van der Waals surface area (Å²) in [5.41, 5.74) is 13.0. The van der Waals surface area contributed by atoms with Crippen LogP contribution in [0.25, 0.3) is 22.7 Å². The minimum absolute atomic E-state index is 0.358. The van der Waals surface area contributed by atoms with Crippen molar-refractivity contribution in [3.8, 4) is 11.5 Å². The van der Waals surface area contributed by atoms with Gasteiger partial charge in [0.2, 0.25) is 0 Å². The predicted molar refractivity (Wildman–Crippen MR) is 58.1 cm³/mol. The summed E-state index contributed by atoms with van der Waals surface area (Å²) in [5.74, 6) is 1.33. The van der Waals surface area contributed by atoms with Crippen LogP contribution in [0.4, 0.5) is 11.6 Å². The number of nitrogen functional groups attached to an aromatic ring is 2. The lowest BCUT2D eigenvalue weighted by Crippen LogP contribution is -1.91. The molecule has 8 nitrogen and oxygen atoms in total. The molecule has 0 aliphatic rings. The standard InChI is InChI=1S/C8H8N8/c9-4-1-3(15-16-4)7-13-5-6(10)11-2-12-8(5)14-7/h1-2H,(H3,9,15,16)(H3,10,11,12,13,14). The number of hydrogen-bond acceptors (Lipinski definition) is 6. The lowest BCUT2D eigenvalue weighted by atomic mass is 10.4. The number of nitrogens with zero attached hydrogens (tertiary/aromatic N) is 4. The molecule has 0 saturated heterocycles. The Kier molecular flexibility index (Phi) is 1.58. The van der Waals surface area contributed by atoms with E-state index in [1.807, 2.05) is 0 Å². The summed E-state index contributed by atoms with van der Waals surface area (Å²) >= 11 is 0. The molecule has 0 bridgehead atoms. The van der Waals surface area contributed by atoms with Gasteiger partial charge >= 0.3 is 0 Å². The topological polar surface area (TPSA) is 135 Å². The fourth-order valence-corrected chi connectivity index (χ4v) is 1.43. The van der Waals surface area contributed by atoms with Gasteiger partial charge in [0.15, 0.2) is 17.3 Å². The highest BCUT2D eigenvalue weighted by atomic mass is 15.2. The third-order valence-corrected chi connectivity index (χ3v) is 2.17. The Morgan fingerprint density at radius 3 is 2.75 bits per heavy atom. The quantitative estimate of drug-likeness (QED) is 0.448. The van der Waals surface area contributed by atoms with Crippen molar-refractivity contribution in [3.05, 3.63) is 12.4 Å². The zero-order chi connectivity index (χ0) is 11.1. The number of H-pyrrole nitrogens is 2. The molecule has 0 atom stereocenters. The molecular formula is C8H8N8. The van der Waals surface area contributed by atoms with E-state index in [2.05, 4.69) is 30.1 Å². The first-order valence-electron chi connectivity index (χ1n) is 4.51. The largest absolute Gasteiger partial charge is 0.382 e. The van der Waals surface area contributed by atoms with Gasteiger partial charge in [-0.05, 0) is 0 Å².